The minimum Gasteiger partial charge on any atom is -0.466 e. The first kappa shape index (κ1) is 51.3. The first-order valence-electron chi connectivity index (χ1n) is 23.1. The van der Waals surface area contributed by atoms with Gasteiger partial charge < -0.3 is 20.3 Å². The van der Waals surface area contributed by atoms with Gasteiger partial charge in [-0.05, 0) is 51.4 Å². The van der Waals surface area contributed by atoms with E-state index in [4.69, 9.17) is 4.74 Å². The highest BCUT2D eigenvalue weighted by Gasteiger charge is 2.17. The summed E-state index contributed by atoms with van der Waals surface area (Å²) >= 11 is 0. The minimum atomic E-state index is -0.873. The Bertz CT molecular complexity index is 828. The number of hydrogen-bond donors (Lipinski definition) is 3. The zero-order valence-electron chi connectivity index (χ0n) is 35.2. The van der Waals surface area contributed by atoms with Gasteiger partial charge in [-0.25, -0.2) is 0 Å². The fraction of sp³-hybridized carbons (Fsp3) is 0.872. The summed E-state index contributed by atoms with van der Waals surface area (Å²) < 4.78 is 5.42. The van der Waals surface area contributed by atoms with Crippen molar-refractivity contribution in [3.8, 4) is 0 Å². The van der Waals surface area contributed by atoms with E-state index in [0.29, 0.717) is 19.4 Å². The Morgan fingerprint density at radius 1 is 0.509 bits per heavy atom. The van der Waals surface area contributed by atoms with Crippen molar-refractivity contribution in [1.29, 1.82) is 0 Å². The predicted octanol–water partition coefficient (Wildman–Crippen LogP) is 13.2. The summed E-state index contributed by atoms with van der Waals surface area (Å²) in [4.78, 5) is 24.3. The molecule has 53 heavy (non-hydrogen) atoms. The third kappa shape index (κ3) is 39.8. The highest BCUT2D eigenvalue weighted by atomic mass is 16.5. The molecule has 6 nitrogen and oxygen atoms in total. The van der Waals surface area contributed by atoms with Crippen LogP contribution in [0.15, 0.2) is 24.3 Å². The standard InChI is InChI=1S/C47H89NO5/c1-3-5-7-9-11-13-15-17-19-20-23-27-31-35-39-45(50)44(43-49)48-46(51)40-36-32-28-24-22-26-30-34-38-42-53-47(52)41-37-33-29-25-21-18-16-14-12-10-8-6-4-2/h24,28,35,39,44-45,49-50H,3-23,25-27,29-34,36-38,40-43H2,1-2H3,(H,48,51)/b28-24-,39-35+. The summed E-state index contributed by atoms with van der Waals surface area (Å²) in [6, 6.07) is -0.663. The average Bonchev–Trinajstić information content (AvgIpc) is 3.16. The lowest BCUT2D eigenvalue weighted by molar-refractivity contribution is -0.143. The molecule has 0 radical (unpaired) electrons. The number of unbranched alkanes of at least 4 members (excludes halogenated alkanes) is 29. The molecule has 2 unspecified atom stereocenters. The molecular weight excluding hydrogens is 659 g/mol. The highest BCUT2D eigenvalue weighted by molar-refractivity contribution is 5.76. The Labute approximate surface area is 329 Å². The zero-order valence-corrected chi connectivity index (χ0v) is 35.2. The molecule has 2 atom stereocenters. The van der Waals surface area contributed by atoms with E-state index in [2.05, 4.69) is 31.3 Å². The van der Waals surface area contributed by atoms with Gasteiger partial charge in [-0.1, -0.05) is 199 Å². The second-order valence-corrected chi connectivity index (χ2v) is 15.7. The first-order valence-corrected chi connectivity index (χ1v) is 23.1. The number of hydrogen-bond acceptors (Lipinski definition) is 5. The van der Waals surface area contributed by atoms with Crippen LogP contribution in [-0.4, -0.2) is 47.4 Å². The lowest BCUT2D eigenvalue weighted by Gasteiger charge is -2.19. The van der Waals surface area contributed by atoms with E-state index in [1.807, 2.05) is 6.08 Å². The third-order valence-electron chi connectivity index (χ3n) is 10.5. The average molecular weight is 748 g/mol. The minimum absolute atomic E-state index is 0.0372. The van der Waals surface area contributed by atoms with E-state index in [-0.39, 0.29) is 18.5 Å². The van der Waals surface area contributed by atoms with Gasteiger partial charge in [0.2, 0.25) is 5.91 Å². The van der Waals surface area contributed by atoms with Gasteiger partial charge >= 0.3 is 5.97 Å². The van der Waals surface area contributed by atoms with Crippen LogP contribution in [0.1, 0.15) is 239 Å². The normalized spacial score (nSPS) is 12.9. The number of ether oxygens (including phenoxy) is 1. The maximum atomic E-state index is 12.4. The van der Waals surface area contributed by atoms with Crippen LogP contribution in [0.3, 0.4) is 0 Å². The molecule has 0 fully saturated rings. The number of carbonyl (C=O) groups excluding carboxylic acids is 2. The van der Waals surface area contributed by atoms with Gasteiger partial charge in [-0.3, -0.25) is 9.59 Å². The maximum absolute atomic E-state index is 12.4. The summed E-state index contributed by atoms with van der Waals surface area (Å²) in [6.45, 7) is 4.80. The fourth-order valence-electron chi connectivity index (χ4n) is 6.87. The quantitative estimate of drug-likeness (QED) is 0.0328. The van der Waals surface area contributed by atoms with Gasteiger partial charge in [0.25, 0.3) is 0 Å². The van der Waals surface area contributed by atoms with E-state index in [1.54, 1.807) is 6.08 Å². The molecule has 0 spiro atoms. The Morgan fingerprint density at radius 2 is 0.906 bits per heavy atom. The molecule has 0 aromatic carbocycles. The number of esters is 1. The molecule has 0 rings (SSSR count). The maximum Gasteiger partial charge on any atom is 0.305 e. The van der Waals surface area contributed by atoms with Crippen LogP contribution in [0, 0.1) is 0 Å². The molecule has 0 saturated heterocycles. The molecule has 0 aliphatic carbocycles. The van der Waals surface area contributed by atoms with Crippen molar-refractivity contribution in [2.45, 2.75) is 251 Å². The molecule has 0 bridgehead atoms. The Hall–Kier alpha value is -1.66. The largest absolute Gasteiger partial charge is 0.466 e. The summed E-state index contributed by atoms with van der Waals surface area (Å²) in [7, 11) is 0. The molecule has 0 aliphatic rings. The molecule has 0 saturated carbocycles. The van der Waals surface area contributed by atoms with Crippen molar-refractivity contribution in [3.05, 3.63) is 24.3 Å². The Kier molecular flexibility index (Phi) is 41.7. The monoisotopic (exact) mass is 748 g/mol. The highest BCUT2D eigenvalue weighted by Crippen LogP contribution is 2.15. The van der Waals surface area contributed by atoms with E-state index in [0.717, 1.165) is 70.6 Å². The van der Waals surface area contributed by atoms with Crippen molar-refractivity contribution in [2.24, 2.45) is 0 Å². The molecular formula is C47H89NO5. The topological polar surface area (TPSA) is 95.9 Å². The van der Waals surface area contributed by atoms with Gasteiger partial charge in [-0.2, -0.15) is 0 Å². The predicted molar refractivity (Wildman–Crippen MR) is 227 cm³/mol. The van der Waals surface area contributed by atoms with Crippen molar-refractivity contribution < 1.29 is 24.5 Å². The van der Waals surface area contributed by atoms with Gasteiger partial charge in [0, 0.05) is 12.8 Å². The van der Waals surface area contributed by atoms with Crippen LogP contribution in [0.2, 0.25) is 0 Å². The second kappa shape index (κ2) is 43.1. The molecule has 0 aliphatic heterocycles. The number of amides is 1. The van der Waals surface area contributed by atoms with E-state index in [9.17, 15) is 19.8 Å². The fourth-order valence-corrected chi connectivity index (χ4v) is 6.87. The third-order valence-corrected chi connectivity index (χ3v) is 10.5. The van der Waals surface area contributed by atoms with Gasteiger partial charge in [0.1, 0.15) is 0 Å². The number of carbonyl (C=O) groups is 2. The van der Waals surface area contributed by atoms with E-state index < -0.39 is 12.1 Å². The van der Waals surface area contributed by atoms with Gasteiger partial charge in [-0.15, -0.1) is 0 Å². The lowest BCUT2D eigenvalue weighted by atomic mass is 10.0. The summed E-state index contributed by atoms with van der Waals surface area (Å²) in [5.41, 5.74) is 0. The Balaban J connectivity index is 3.59. The molecule has 6 heteroatoms. The van der Waals surface area contributed by atoms with Crippen LogP contribution in [0.4, 0.5) is 0 Å². The first-order chi connectivity index (χ1) is 26.0. The zero-order chi connectivity index (χ0) is 38.7. The van der Waals surface area contributed by atoms with Gasteiger partial charge in [0.15, 0.2) is 0 Å². The second-order valence-electron chi connectivity index (χ2n) is 15.7. The number of nitrogens with one attached hydrogen (secondary N) is 1. The molecule has 312 valence electrons. The number of aliphatic hydroxyl groups excluding tert-OH is 2. The van der Waals surface area contributed by atoms with Crippen LogP contribution >= 0.6 is 0 Å². The van der Waals surface area contributed by atoms with Crippen LogP contribution in [-0.2, 0) is 14.3 Å². The molecule has 0 heterocycles. The van der Waals surface area contributed by atoms with Crippen molar-refractivity contribution in [3.63, 3.8) is 0 Å². The SMILES string of the molecule is CCCCCCCCCCCCCC/C=C/C(O)C(CO)NC(=O)CCC/C=C\CCCCCCOC(=O)CCCCCCCCCCCCCCC. The lowest BCUT2D eigenvalue weighted by Crippen LogP contribution is -2.45. The number of aliphatic hydroxyl groups is 2. The van der Waals surface area contributed by atoms with E-state index >= 15 is 0 Å². The van der Waals surface area contributed by atoms with E-state index in [1.165, 1.54) is 141 Å². The number of rotatable bonds is 42. The molecule has 0 aromatic heterocycles. The molecule has 3 N–H and O–H groups in total. The van der Waals surface area contributed by atoms with Crippen molar-refractivity contribution >= 4 is 11.9 Å². The summed E-state index contributed by atoms with van der Waals surface area (Å²) in [5, 5.41) is 22.9. The summed E-state index contributed by atoms with van der Waals surface area (Å²) in [6.07, 6.45) is 48.8. The van der Waals surface area contributed by atoms with Crippen LogP contribution in [0.25, 0.3) is 0 Å². The van der Waals surface area contributed by atoms with Crippen LogP contribution < -0.4 is 5.32 Å². The van der Waals surface area contributed by atoms with Crippen molar-refractivity contribution in [1.82, 2.24) is 5.32 Å². The number of allylic oxidation sites excluding steroid dienone is 3. The Morgan fingerprint density at radius 3 is 1.38 bits per heavy atom. The van der Waals surface area contributed by atoms with Gasteiger partial charge in [0.05, 0.1) is 25.4 Å². The van der Waals surface area contributed by atoms with Crippen LogP contribution in [0.5, 0.6) is 0 Å². The smallest absolute Gasteiger partial charge is 0.305 e. The molecule has 0 aromatic rings. The molecule has 1 amide bonds. The van der Waals surface area contributed by atoms with Crippen molar-refractivity contribution in [2.75, 3.05) is 13.2 Å². The summed E-state index contributed by atoms with van der Waals surface area (Å²) in [5.74, 6) is -0.166.